The molecule has 0 radical (unpaired) electrons. The van der Waals surface area contributed by atoms with Crippen LogP contribution in [0.25, 0.3) is 5.65 Å². The van der Waals surface area contributed by atoms with Gasteiger partial charge in [-0.05, 0) is 48.2 Å². The fraction of sp³-hybridized carbons (Fsp3) is 0.167. The van der Waals surface area contributed by atoms with Gasteiger partial charge in [0, 0.05) is 13.0 Å². The smallest absolute Gasteiger partial charge is 0.287 e. The number of aromatic nitrogens is 2. The minimum atomic E-state index is -2.30. The van der Waals surface area contributed by atoms with E-state index < -0.39 is 6.04 Å². The Morgan fingerprint density at radius 3 is 2.14 bits per heavy atom. The first kappa shape index (κ1) is 24.9. The van der Waals surface area contributed by atoms with E-state index in [0.29, 0.717) is 0 Å². The first-order chi connectivity index (χ1) is 17.0. The van der Waals surface area contributed by atoms with Crippen molar-refractivity contribution in [1.29, 1.82) is 0 Å². The largest absolute Gasteiger partial charge is 0.501 e. The number of nitrogens with zero attached hydrogens (tertiary/aromatic N) is 2. The van der Waals surface area contributed by atoms with E-state index in [4.69, 9.17) is 16.5 Å². The highest BCUT2D eigenvalue weighted by Crippen LogP contribution is 2.42. The summed E-state index contributed by atoms with van der Waals surface area (Å²) in [4.78, 5) is 0. The summed E-state index contributed by atoms with van der Waals surface area (Å²) in [5, 5.41) is 2.40. The van der Waals surface area contributed by atoms with Gasteiger partial charge in [0.25, 0.3) is 5.65 Å². The number of fused-ring (bicyclic) bond motifs is 1. The van der Waals surface area contributed by atoms with E-state index in [2.05, 4.69) is 119 Å². The molecule has 0 atom stereocenters. The Morgan fingerprint density at radius 1 is 0.971 bits per heavy atom. The normalized spacial score (nSPS) is 13.0. The average Bonchev–Trinajstić information content (AvgIpc) is 3.19. The predicted octanol–water partition coefficient (Wildman–Crippen LogP) is 5.34. The lowest BCUT2D eigenvalue weighted by Gasteiger charge is -2.21. The van der Waals surface area contributed by atoms with Crippen LogP contribution in [-0.2, 0) is 23.1 Å². The van der Waals surface area contributed by atoms with Crippen LogP contribution in [0.15, 0.2) is 121 Å². The molecule has 0 saturated carbocycles. The molecule has 0 aliphatic rings. The van der Waals surface area contributed by atoms with Crippen LogP contribution < -0.4 is 20.4 Å². The molecule has 4 rings (SSSR count). The maximum Gasteiger partial charge on any atom is 0.287 e. The zero-order valence-corrected chi connectivity index (χ0v) is 22.5. The zero-order valence-electron chi connectivity index (χ0n) is 20.8. The average molecular weight is 500 g/mol. The van der Waals surface area contributed by atoms with Gasteiger partial charge in [0.15, 0.2) is 5.44 Å². The van der Waals surface area contributed by atoms with Gasteiger partial charge in [0.1, 0.15) is 12.2 Å². The Kier molecular flexibility index (Phi) is 7.85. The number of methoxy groups -OCH3 is 1. The van der Waals surface area contributed by atoms with Crippen LogP contribution in [-0.4, -0.2) is 11.7 Å². The summed E-state index contributed by atoms with van der Waals surface area (Å²) < 4.78 is 9.98. The zero-order chi connectivity index (χ0) is 24.8. The Bertz CT molecular complexity index is 1410. The molecule has 0 bridgehead atoms. The molecule has 4 aromatic rings. The van der Waals surface area contributed by atoms with Crippen molar-refractivity contribution in [1.82, 2.24) is 4.57 Å². The first-order valence-electron chi connectivity index (χ1n) is 11.8. The molecule has 0 fully saturated rings. The van der Waals surface area contributed by atoms with E-state index in [1.807, 2.05) is 19.9 Å². The minimum absolute atomic E-state index is 0.746. The number of rotatable bonds is 8. The number of allylic oxidation sites excluding steroid dienone is 6. The summed E-state index contributed by atoms with van der Waals surface area (Å²) in [6.07, 6.45) is 10.6. The Balaban J connectivity index is 1.89. The molecule has 0 saturated heterocycles. The molecule has 3 nitrogen and oxygen atoms in total. The van der Waals surface area contributed by atoms with E-state index in [-0.39, 0.29) is 0 Å². The summed E-state index contributed by atoms with van der Waals surface area (Å²) >= 11 is 6.69. The van der Waals surface area contributed by atoms with Crippen LogP contribution in [0, 0.1) is 6.92 Å². The number of benzene rings is 2. The predicted molar refractivity (Wildman–Crippen MR) is 152 cm³/mol. The molecule has 2 aromatic carbocycles. The van der Waals surface area contributed by atoms with Gasteiger partial charge in [-0.1, -0.05) is 90.7 Å². The van der Waals surface area contributed by atoms with Crippen molar-refractivity contribution in [2.24, 2.45) is 0 Å². The number of hydrogen-bond donors (Lipinski definition) is 0. The molecular weight excluding hydrogens is 467 g/mol. The van der Waals surface area contributed by atoms with Crippen LogP contribution in [0.1, 0.15) is 19.5 Å². The Labute approximate surface area is 213 Å². The van der Waals surface area contributed by atoms with Crippen LogP contribution >= 0.6 is 6.04 Å². The fourth-order valence-electron chi connectivity index (χ4n) is 4.40. The number of pyridine rings is 1. The second kappa shape index (κ2) is 11.0. The van der Waals surface area contributed by atoms with Crippen LogP contribution in [0.4, 0.5) is 0 Å². The van der Waals surface area contributed by atoms with Crippen molar-refractivity contribution in [3.8, 4) is 0 Å². The van der Waals surface area contributed by atoms with Gasteiger partial charge in [0.05, 0.1) is 25.1 Å². The number of ether oxygens (including phenoxy) is 1. The Hall–Kier alpha value is -3.20. The number of hydrogen-bond acceptors (Lipinski definition) is 2. The standard InChI is InChI=1S/C30H32N2OPS/c1-5-26(23-24(2)33-4)15-14-22-31-25(3)30(32-21-13-12-20-29(31)32)34(35,27-16-8-6-9-17-27)28-18-10-7-11-19-28/h5-21,23H,22H2,1-4H3/q+1. The molecule has 0 spiro atoms. The fourth-order valence-corrected chi connectivity index (χ4v) is 8.81. The van der Waals surface area contributed by atoms with Crippen LogP contribution in [0.3, 0.4) is 0 Å². The maximum atomic E-state index is 6.69. The van der Waals surface area contributed by atoms with Crippen LogP contribution in [0.5, 0.6) is 0 Å². The van der Waals surface area contributed by atoms with Gasteiger partial charge in [-0.2, -0.15) is 4.40 Å². The topological polar surface area (TPSA) is 18.3 Å². The third-order valence-electron chi connectivity index (χ3n) is 6.23. The van der Waals surface area contributed by atoms with E-state index in [9.17, 15) is 0 Å². The van der Waals surface area contributed by atoms with Gasteiger partial charge < -0.3 is 4.74 Å². The second-order valence-corrected chi connectivity index (χ2v) is 12.7. The monoisotopic (exact) mass is 499 g/mol. The third kappa shape index (κ3) is 4.96. The highest BCUT2D eigenvalue weighted by molar-refractivity contribution is 8.25. The molecule has 2 aromatic heterocycles. The summed E-state index contributed by atoms with van der Waals surface area (Å²) in [5.74, 6) is 0.884. The maximum absolute atomic E-state index is 6.69. The summed E-state index contributed by atoms with van der Waals surface area (Å²) in [7, 11) is 1.69. The first-order valence-corrected chi connectivity index (χ1v) is 14.6. The van der Waals surface area contributed by atoms with Crippen molar-refractivity contribution >= 4 is 39.5 Å². The van der Waals surface area contributed by atoms with Crippen molar-refractivity contribution in [2.45, 2.75) is 27.3 Å². The highest BCUT2D eigenvalue weighted by atomic mass is 32.4. The van der Waals surface area contributed by atoms with E-state index in [0.717, 1.165) is 23.5 Å². The minimum Gasteiger partial charge on any atom is -0.501 e. The van der Waals surface area contributed by atoms with E-state index in [1.165, 1.54) is 21.7 Å². The lowest BCUT2D eigenvalue weighted by molar-refractivity contribution is -0.490. The summed E-state index contributed by atoms with van der Waals surface area (Å²) in [6.45, 7) is 6.95. The quantitative estimate of drug-likeness (QED) is 0.141. The van der Waals surface area contributed by atoms with E-state index in [1.54, 1.807) is 7.11 Å². The van der Waals surface area contributed by atoms with Crippen molar-refractivity contribution < 1.29 is 9.14 Å². The molecule has 0 unspecified atom stereocenters. The molecule has 0 amide bonds. The molecule has 0 N–H and O–H groups in total. The van der Waals surface area contributed by atoms with Gasteiger partial charge in [0.2, 0.25) is 0 Å². The molecule has 0 aliphatic heterocycles. The molecule has 178 valence electrons. The lowest BCUT2D eigenvalue weighted by atomic mass is 10.2. The van der Waals surface area contributed by atoms with Gasteiger partial charge in [-0.15, -0.1) is 0 Å². The molecule has 0 aliphatic carbocycles. The summed E-state index contributed by atoms with van der Waals surface area (Å²) in [5.41, 5.74) is 4.65. The Morgan fingerprint density at radius 2 is 1.57 bits per heavy atom. The molecule has 2 heterocycles. The molecule has 35 heavy (non-hydrogen) atoms. The second-order valence-electron chi connectivity index (χ2n) is 8.38. The highest BCUT2D eigenvalue weighted by Gasteiger charge is 2.36. The van der Waals surface area contributed by atoms with Gasteiger partial charge in [-0.3, -0.25) is 0 Å². The molecule has 5 heteroatoms. The summed E-state index contributed by atoms with van der Waals surface area (Å²) in [6, 6.07) is 25.3. The van der Waals surface area contributed by atoms with Crippen molar-refractivity contribution in [3.05, 3.63) is 126 Å². The van der Waals surface area contributed by atoms with E-state index >= 15 is 0 Å². The third-order valence-corrected chi connectivity index (χ3v) is 11.2. The van der Waals surface area contributed by atoms with Crippen molar-refractivity contribution in [3.63, 3.8) is 0 Å². The van der Waals surface area contributed by atoms with Crippen LogP contribution in [0.2, 0.25) is 0 Å². The van der Waals surface area contributed by atoms with Crippen molar-refractivity contribution in [2.75, 3.05) is 7.11 Å². The lowest BCUT2D eigenvalue weighted by Crippen LogP contribution is -2.42. The molecular formula is C30H32N2OPS+. The SMILES string of the molecule is CC=C(C=CCn1c(C)c(P(=S)(c2ccccc2)c2ccccc2)[n+]2ccccc12)C=C(C)OC. The van der Waals surface area contributed by atoms with Gasteiger partial charge in [-0.25, -0.2) is 4.57 Å². The number of imidazole rings is 1. The van der Waals surface area contributed by atoms with Gasteiger partial charge >= 0.3 is 0 Å².